The van der Waals surface area contributed by atoms with Crippen molar-refractivity contribution in [1.82, 2.24) is 14.8 Å². The van der Waals surface area contributed by atoms with Gasteiger partial charge in [-0.25, -0.2) is 4.79 Å². The average Bonchev–Trinajstić information content (AvgIpc) is 3.05. The molecule has 2 saturated heterocycles. The topological polar surface area (TPSA) is 62.7 Å². The molecule has 2 aromatic rings. The molecule has 0 spiro atoms. The molecule has 216 valence electrons. The first kappa shape index (κ1) is 29.8. The Kier molecular flexibility index (Phi) is 9.18. The number of aryl methyl sites for hydroxylation is 2. The highest BCUT2D eigenvalue weighted by molar-refractivity contribution is 9.10. The van der Waals surface area contributed by atoms with Gasteiger partial charge >= 0.3 is 6.09 Å². The molecule has 0 radical (unpaired) electrons. The Morgan fingerprint density at radius 2 is 1.75 bits per heavy atom. The zero-order valence-electron chi connectivity index (χ0n) is 23.5. The van der Waals surface area contributed by atoms with Gasteiger partial charge in [-0.15, -0.1) is 0 Å². The number of rotatable bonds is 3. The molecule has 5 rings (SSSR count). The monoisotopic (exact) mass is 697 g/mol. The molecular weight excluding hydrogens is 662 g/mol. The van der Waals surface area contributed by atoms with E-state index in [1.807, 2.05) is 33.0 Å². The molecular formula is C31H38Br2ClN3O3. The summed E-state index contributed by atoms with van der Waals surface area (Å²) in [6.07, 6.45) is 7.65. The smallest absolute Gasteiger partial charge is 0.410 e. The Hall–Kier alpha value is -1.64. The van der Waals surface area contributed by atoms with Gasteiger partial charge in [0.1, 0.15) is 5.60 Å². The number of pyridine rings is 1. The molecule has 1 aromatic heterocycles. The first-order valence-corrected chi connectivity index (χ1v) is 16.3. The molecule has 2 aliphatic heterocycles. The predicted molar refractivity (Wildman–Crippen MR) is 165 cm³/mol. The van der Waals surface area contributed by atoms with Gasteiger partial charge in [0.05, 0.1) is 5.69 Å². The lowest BCUT2D eigenvalue weighted by atomic mass is 9.80. The number of ether oxygens (including phenoxy) is 1. The van der Waals surface area contributed by atoms with Gasteiger partial charge in [0.15, 0.2) is 0 Å². The third-order valence-corrected chi connectivity index (χ3v) is 9.82. The number of hydrogen-bond donors (Lipinski definition) is 0. The normalized spacial score (nSPS) is 20.5. The summed E-state index contributed by atoms with van der Waals surface area (Å²) in [5, 5.41) is 0.752. The van der Waals surface area contributed by atoms with Gasteiger partial charge in [-0.3, -0.25) is 9.78 Å². The van der Waals surface area contributed by atoms with Crippen molar-refractivity contribution in [2.45, 2.75) is 77.2 Å². The van der Waals surface area contributed by atoms with E-state index in [-0.39, 0.29) is 17.9 Å². The predicted octanol–water partition coefficient (Wildman–Crippen LogP) is 7.77. The van der Waals surface area contributed by atoms with E-state index in [1.54, 1.807) is 4.90 Å². The average molecular weight is 700 g/mol. The van der Waals surface area contributed by atoms with E-state index < -0.39 is 5.60 Å². The highest BCUT2D eigenvalue weighted by atomic mass is 79.9. The second-order valence-electron chi connectivity index (χ2n) is 12.5. The maximum Gasteiger partial charge on any atom is 0.410 e. The highest BCUT2D eigenvalue weighted by Crippen LogP contribution is 2.46. The van der Waals surface area contributed by atoms with Crippen LogP contribution in [0.15, 0.2) is 33.3 Å². The lowest BCUT2D eigenvalue weighted by molar-refractivity contribution is -0.134. The Morgan fingerprint density at radius 3 is 2.42 bits per heavy atom. The van der Waals surface area contributed by atoms with Gasteiger partial charge in [-0.1, -0.05) is 27.5 Å². The van der Waals surface area contributed by atoms with Crippen molar-refractivity contribution in [3.63, 3.8) is 0 Å². The third-order valence-electron chi connectivity index (χ3n) is 8.51. The van der Waals surface area contributed by atoms with Crippen molar-refractivity contribution < 1.29 is 14.3 Å². The minimum absolute atomic E-state index is 0.168. The van der Waals surface area contributed by atoms with Crippen LogP contribution in [0, 0.1) is 11.8 Å². The van der Waals surface area contributed by atoms with E-state index in [1.165, 1.54) is 16.7 Å². The molecule has 1 aromatic carbocycles. The molecule has 0 saturated carbocycles. The zero-order valence-corrected chi connectivity index (χ0v) is 27.4. The number of piperidine rings is 2. The molecule has 0 unspecified atom stereocenters. The number of aromatic nitrogens is 1. The van der Waals surface area contributed by atoms with E-state index in [0.29, 0.717) is 31.3 Å². The Bertz CT molecular complexity index is 1270. The number of likely N-dealkylation sites (tertiary alicyclic amines) is 2. The first-order valence-electron chi connectivity index (χ1n) is 14.4. The summed E-state index contributed by atoms with van der Waals surface area (Å²) in [6, 6.07) is 6.33. The third kappa shape index (κ3) is 6.87. The van der Waals surface area contributed by atoms with Crippen LogP contribution in [-0.4, -0.2) is 58.6 Å². The molecule has 3 aliphatic rings. The van der Waals surface area contributed by atoms with Gasteiger partial charge in [0, 0.05) is 58.7 Å². The van der Waals surface area contributed by atoms with Crippen LogP contribution < -0.4 is 0 Å². The second-order valence-corrected chi connectivity index (χ2v) is 14.7. The fraction of sp³-hybridized carbons (Fsp3) is 0.581. The van der Waals surface area contributed by atoms with Crippen molar-refractivity contribution in [2.24, 2.45) is 11.8 Å². The van der Waals surface area contributed by atoms with Crippen LogP contribution >= 0.6 is 43.5 Å². The Labute approximate surface area is 259 Å². The fourth-order valence-corrected chi connectivity index (χ4v) is 8.03. The van der Waals surface area contributed by atoms with Gasteiger partial charge < -0.3 is 14.5 Å². The number of carbonyl (C=O) groups is 2. The molecule has 9 heteroatoms. The molecule has 40 heavy (non-hydrogen) atoms. The number of benzene rings is 1. The van der Waals surface area contributed by atoms with Crippen LogP contribution in [0.4, 0.5) is 4.79 Å². The van der Waals surface area contributed by atoms with Gasteiger partial charge in [0.2, 0.25) is 5.91 Å². The molecule has 0 bridgehead atoms. The van der Waals surface area contributed by atoms with Crippen LogP contribution in [0.25, 0.3) is 0 Å². The maximum absolute atomic E-state index is 13.3. The molecule has 2 amide bonds. The van der Waals surface area contributed by atoms with E-state index in [9.17, 15) is 9.59 Å². The number of carbonyl (C=O) groups excluding carboxylic acids is 2. The standard InChI is InChI=1S/C31H38Br2ClN3O3/c1-31(2,3)40-30(39)37-10-6-19(7-11-37)14-26(38)36-12-8-20(9-13-36)28-27-21(16-24(34)17-25(27)33)4-5-22-15-23(32)18-35-29(22)28/h15-20,28H,4-14H2,1-3H3/t28-/m1/s1/i12+2,13+2. The number of nitrogens with zero attached hydrogens (tertiary/aromatic N) is 3. The lowest BCUT2D eigenvalue weighted by Gasteiger charge is -2.38. The number of fused-ring (bicyclic) bond motifs is 2. The van der Waals surface area contributed by atoms with Crippen molar-refractivity contribution in [3.8, 4) is 0 Å². The maximum atomic E-state index is 13.3. The molecule has 6 nitrogen and oxygen atoms in total. The Balaban J connectivity index is 1.23. The summed E-state index contributed by atoms with van der Waals surface area (Å²) in [5.74, 6) is 1.11. The van der Waals surface area contributed by atoms with Crippen molar-refractivity contribution in [3.05, 3.63) is 60.7 Å². The van der Waals surface area contributed by atoms with Crippen LogP contribution in [-0.2, 0) is 22.4 Å². The minimum Gasteiger partial charge on any atom is -0.444 e. The van der Waals surface area contributed by atoms with E-state index >= 15 is 0 Å². The molecule has 1 atom stereocenters. The number of halogens is 3. The van der Waals surface area contributed by atoms with Gasteiger partial charge in [-0.2, -0.15) is 0 Å². The first-order chi connectivity index (χ1) is 19.0. The van der Waals surface area contributed by atoms with Crippen LogP contribution in [0.5, 0.6) is 0 Å². The van der Waals surface area contributed by atoms with Crippen molar-refractivity contribution >= 4 is 55.5 Å². The number of amides is 2. The largest absolute Gasteiger partial charge is 0.444 e. The zero-order chi connectivity index (χ0) is 28.6. The SMILES string of the molecule is CC(C)(C)OC(=O)N1CCC(CC(=O)N2[14CH2]CC([C@H]3c4ncc(Br)cc4CCc4cc(Cl)cc(Br)c43)C[14CH2]2)CC1. The van der Waals surface area contributed by atoms with Crippen LogP contribution in [0.3, 0.4) is 0 Å². The summed E-state index contributed by atoms with van der Waals surface area (Å²) in [6.45, 7) is 8.49. The van der Waals surface area contributed by atoms with Crippen molar-refractivity contribution in [2.75, 3.05) is 26.2 Å². The summed E-state index contributed by atoms with van der Waals surface area (Å²) in [5.41, 5.74) is 4.54. The second kappa shape index (κ2) is 12.3. The van der Waals surface area contributed by atoms with Gasteiger partial charge in [-0.05, 0) is 122 Å². The summed E-state index contributed by atoms with van der Waals surface area (Å²) >= 11 is 13.9. The Morgan fingerprint density at radius 1 is 1.07 bits per heavy atom. The van der Waals surface area contributed by atoms with Crippen LogP contribution in [0.2, 0.25) is 5.02 Å². The quantitative estimate of drug-likeness (QED) is 0.329. The minimum atomic E-state index is -0.493. The molecule has 0 N–H and O–H groups in total. The summed E-state index contributed by atoms with van der Waals surface area (Å²) in [4.78, 5) is 34.5. The lowest BCUT2D eigenvalue weighted by Crippen LogP contribution is -2.44. The van der Waals surface area contributed by atoms with E-state index in [0.717, 1.165) is 71.3 Å². The number of hydrogen-bond acceptors (Lipinski definition) is 4. The van der Waals surface area contributed by atoms with E-state index in [2.05, 4.69) is 48.9 Å². The molecule has 1 aliphatic carbocycles. The molecule has 2 fully saturated rings. The summed E-state index contributed by atoms with van der Waals surface area (Å²) in [7, 11) is 0. The van der Waals surface area contributed by atoms with Gasteiger partial charge in [0.25, 0.3) is 0 Å². The highest BCUT2D eigenvalue weighted by Gasteiger charge is 2.37. The van der Waals surface area contributed by atoms with Crippen molar-refractivity contribution in [1.29, 1.82) is 0 Å². The summed E-state index contributed by atoms with van der Waals surface area (Å²) < 4.78 is 7.57. The van der Waals surface area contributed by atoms with E-state index in [4.69, 9.17) is 21.3 Å². The molecule has 3 heterocycles. The van der Waals surface area contributed by atoms with Crippen LogP contribution in [0.1, 0.15) is 81.2 Å². The fourth-order valence-electron chi connectivity index (χ4n) is 6.53.